The molecule has 1 saturated heterocycles. The molecule has 0 spiro atoms. The summed E-state index contributed by atoms with van der Waals surface area (Å²) >= 11 is 0. The number of piperidine rings is 1. The van der Waals surface area contributed by atoms with Gasteiger partial charge in [0.15, 0.2) is 0 Å². The number of hydrogen-bond acceptors (Lipinski definition) is 3. The van der Waals surface area contributed by atoms with Gasteiger partial charge in [0.25, 0.3) is 5.91 Å². The number of nitrogens with zero attached hydrogens (tertiary/aromatic N) is 1. The molecule has 0 unspecified atom stereocenters. The standard InChI is InChI=1S/C16H21NO3/c1-11-7-12(2)9-14(8-11)15(18)17-6-4-5-13(10-17)16(19)20-3/h7-9,13H,4-6,10H2,1-3H3/t13-/m0/s1. The summed E-state index contributed by atoms with van der Waals surface area (Å²) in [6.45, 7) is 5.13. The zero-order valence-electron chi connectivity index (χ0n) is 12.3. The minimum atomic E-state index is -0.220. The van der Waals surface area contributed by atoms with E-state index >= 15 is 0 Å². The Morgan fingerprint density at radius 2 is 1.85 bits per heavy atom. The highest BCUT2D eigenvalue weighted by Gasteiger charge is 2.29. The Hall–Kier alpha value is -1.84. The van der Waals surface area contributed by atoms with Gasteiger partial charge in [-0.3, -0.25) is 9.59 Å². The van der Waals surface area contributed by atoms with Gasteiger partial charge in [-0.1, -0.05) is 17.2 Å². The minimum absolute atomic E-state index is 0.00500. The van der Waals surface area contributed by atoms with Gasteiger partial charge in [-0.05, 0) is 38.8 Å². The highest BCUT2D eigenvalue weighted by Crippen LogP contribution is 2.20. The molecule has 1 aliphatic rings. The van der Waals surface area contributed by atoms with E-state index in [1.807, 2.05) is 32.0 Å². The Kier molecular flexibility index (Phi) is 4.42. The number of esters is 1. The average molecular weight is 275 g/mol. The molecule has 1 aliphatic heterocycles. The van der Waals surface area contributed by atoms with E-state index in [0.717, 1.165) is 24.0 Å². The highest BCUT2D eigenvalue weighted by molar-refractivity contribution is 5.95. The van der Waals surface area contributed by atoms with Crippen LogP contribution in [-0.2, 0) is 9.53 Å². The van der Waals surface area contributed by atoms with Crippen molar-refractivity contribution in [3.05, 3.63) is 34.9 Å². The van der Waals surface area contributed by atoms with Crippen LogP contribution in [0.2, 0.25) is 0 Å². The van der Waals surface area contributed by atoms with Crippen molar-refractivity contribution in [3.8, 4) is 0 Å². The van der Waals surface area contributed by atoms with Gasteiger partial charge >= 0.3 is 5.97 Å². The second kappa shape index (κ2) is 6.07. The summed E-state index contributed by atoms with van der Waals surface area (Å²) in [6, 6.07) is 5.85. The molecular weight excluding hydrogens is 254 g/mol. The zero-order valence-corrected chi connectivity index (χ0v) is 12.3. The number of likely N-dealkylation sites (tertiary alicyclic amines) is 1. The van der Waals surface area contributed by atoms with Crippen LogP contribution in [0.3, 0.4) is 0 Å². The summed E-state index contributed by atoms with van der Waals surface area (Å²) < 4.78 is 4.78. The first-order valence-corrected chi connectivity index (χ1v) is 6.96. The molecule has 0 bridgehead atoms. The molecule has 1 aromatic rings. The molecular formula is C16H21NO3. The van der Waals surface area contributed by atoms with Crippen LogP contribution < -0.4 is 0 Å². The average Bonchev–Trinajstić information content (AvgIpc) is 2.44. The molecule has 0 radical (unpaired) electrons. The van der Waals surface area contributed by atoms with E-state index in [1.54, 1.807) is 4.90 Å². The van der Waals surface area contributed by atoms with Crippen molar-refractivity contribution in [3.63, 3.8) is 0 Å². The SMILES string of the molecule is COC(=O)[C@H]1CCCN(C(=O)c2cc(C)cc(C)c2)C1. The molecule has 1 atom stereocenters. The lowest BCUT2D eigenvalue weighted by Gasteiger charge is -2.31. The maximum absolute atomic E-state index is 12.5. The van der Waals surface area contributed by atoms with Gasteiger partial charge in [0.1, 0.15) is 0 Å². The zero-order chi connectivity index (χ0) is 14.7. The topological polar surface area (TPSA) is 46.6 Å². The normalized spacial score (nSPS) is 18.8. The van der Waals surface area contributed by atoms with Crippen molar-refractivity contribution in [1.82, 2.24) is 4.90 Å². The van der Waals surface area contributed by atoms with Crippen molar-refractivity contribution in [1.29, 1.82) is 0 Å². The van der Waals surface area contributed by atoms with Crippen LogP contribution in [0.5, 0.6) is 0 Å². The summed E-state index contributed by atoms with van der Waals surface area (Å²) in [5, 5.41) is 0. The second-order valence-corrected chi connectivity index (χ2v) is 5.49. The van der Waals surface area contributed by atoms with Gasteiger partial charge in [-0.15, -0.1) is 0 Å². The Bertz CT molecular complexity index is 504. The Labute approximate surface area is 119 Å². The molecule has 0 aromatic heterocycles. The van der Waals surface area contributed by atoms with Gasteiger partial charge in [-0.25, -0.2) is 0 Å². The Balaban J connectivity index is 2.14. The minimum Gasteiger partial charge on any atom is -0.469 e. The molecule has 0 N–H and O–H groups in total. The molecule has 2 rings (SSSR count). The van der Waals surface area contributed by atoms with Gasteiger partial charge in [-0.2, -0.15) is 0 Å². The molecule has 4 nitrogen and oxygen atoms in total. The number of amides is 1. The van der Waals surface area contributed by atoms with Gasteiger partial charge in [0.05, 0.1) is 13.0 Å². The molecule has 20 heavy (non-hydrogen) atoms. The molecule has 0 aliphatic carbocycles. The number of carbonyl (C=O) groups is 2. The van der Waals surface area contributed by atoms with E-state index in [9.17, 15) is 9.59 Å². The quantitative estimate of drug-likeness (QED) is 0.778. The number of carbonyl (C=O) groups excluding carboxylic acids is 2. The largest absolute Gasteiger partial charge is 0.469 e. The predicted octanol–water partition coefficient (Wildman–Crippen LogP) is 2.33. The molecule has 1 amide bonds. The van der Waals surface area contributed by atoms with Crippen LogP contribution in [0.1, 0.15) is 34.3 Å². The lowest BCUT2D eigenvalue weighted by molar-refractivity contribution is -0.146. The van der Waals surface area contributed by atoms with E-state index in [2.05, 4.69) is 0 Å². The molecule has 108 valence electrons. The first kappa shape index (κ1) is 14.6. The van der Waals surface area contributed by atoms with Crippen LogP contribution in [0.4, 0.5) is 0 Å². The van der Waals surface area contributed by atoms with E-state index < -0.39 is 0 Å². The molecule has 1 heterocycles. The third-order valence-electron chi connectivity index (χ3n) is 3.71. The fourth-order valence-electron chi connectivity index (χ4n) is 2.80. The fraction of sp³-hybridized carbons (Fsp3) is 0.500. The van der Waals surface area contributed by atoms with Gasteiger partial charge in [0, 0.05) is 18.7 Å². The van der Waals surface area contributed by atoms with E-state index in [0.29, 0.717) is 18.7 Å². The van der Waals surface area contributed by atoms with Crippen LogP contribution in [0.25, 0.3) is 0 Å². The van der Waals surface area contributed by atoms with Crippen LogP contribution in [0.15, 0.2) is 18.2 Å². The number of ether oxygens (including phenoxy) is 1. The molecule has 4 heteroatoms. The van der Waals surface area contributed by atoms with Gasteiger partial charge < -0.3 is 9.64 Å². The molecule has 0 saturated carbocycles. The number of benzene rings is 1. The highest BCUT2D eigenvalue weighted by atomic mass is 16.5. The Morgan fingerprint density at radius 3 is 2.45 bits per heavy atom. The smallest absolute Gasteiger partial charge is 0.310 e. The van der Waals surface area contributed by atoms with Crippen molar-refractivity contribution in [2.75, 3.05) is 20.2 Å². The lowest BCUT2D eigenvalue weighted by atomic mass is 9.97. The summed E-state index contributed by atoms with van der Waals surface area (Å²) in [4.78, 5) is 25.9. The van der Waals surface area contributed by atoms with Crippen molar-refractivity contribution in [2.45, 2.75) is 26.7 Å². The van der Waals surface area contributed by atoms with Crippen molar-refractivity contribution < 1.29 is 14.3 Å². The number of aryl methyl sites for hydroxylation is 2. The maximum atomic E-state index is 12.5. The van der Waals surface area contributed by atoms with E-state index in [1.165, 1.54) is 7.11 Å². The predicted molar refractivity (Wildman–Crippen MR) is 76.6 cm³/mol. The van der Waals surface area contributed by atoms with Crippen molar-refractivity contribution >= 4 is 11.9 Å². The molecule has 1 fully saturated rings. The summed E-state index contributed by atoms with van der Waals surface area (Å²) in [5.74, 6) is -0.406. The lowest BCUT2D eigenvalue weighted by Crippen LogP contribution is -2.42. The number of hydrogen-bond donors (Lipinski definition) is 0. The summed E-state index contributed by atoms with van der Waals surface area (Å²) in [5.41, 5.74) is 2.86. The fourth-order valence-corrected chi connectivity index (χ4v) is 2.80. The van der Waals surface area contributed by atoms with Crippen molar-refractivity contribution in [2.24, 2.45) is 5.92 Å². The third kappa shape index (κ3) is 3.18. The Morgan fingerprint density at radius 1 is 1.20 bits per heavy atom. The maximum Gasteiger partial charge on any atom is 0.310 e. The van der Waals surface area contributed by atoms with E-state index in [4.69, 9.17) is 4.74 Å². The first-order chi connectivity index (χ1) is 9.51. The van der Waals surface area contributed by atoms with Crippen LogP contribution in [-0.4, -0.2) is 37.0 Å². The summed E-state index contributed by atoms with van der Waals surface area (Å²) in [6.07, 6.45) is 1.64. The van der Waals surface area contributed by atoms with Crippen LogP contribution in [0, 0.1) is 19.8 Å². The van der Waals surface area contributed by atoms with Gasteiger partial charge in [0.2, 0.25) is 0 Å². The number of rotatable bonds is 2. The second-order valence-electron chi connectivity index (χ2n) is 5.49. The summed E-state index contributed by atoms with van der Waals surface area (Å²) in [7, 11) is 1.40. The van der Waals surface area contributed by atoms with Crippen LogP contribution >= 0.6 is 0 Å². The monoisotopic (exact) mass is 275 g/mol. The first-order valence-electron chi connectivity index (χ1n) is 6.96. The van der Waals surface area contributed by atoms with E-state index in [-0.39, 0.29) is 17.8 Å². The molecule has 1 aromatic carbocycles. The third-order valence-corrected chi connectivity index (χ3v) is 3.71. The number of methoxy groups -OCH3 is 1.